The summed E-state index contributed by atoms with van der Waals surface area (Å²) in [7, 11) is 0. The van der Waals surface area contributed by atoms with Gasteiger partial charge in [-0.3, -0.25) is 0 Å². The number of benzene rings is 1. The summed E-state index contributed by atoms with van der Waals surface area (Å²) in [6, 6.07) is -0.396. The Balaban J connectivity index is 2.54. The molecular weight excluding hydrogens is 198 g/mol. The molecular formula is C9H7F4N. The topological polar surface area (TPSA) is 12.0 Å². The molecule has 1 aliphatic heterocycles. The van der Waals surface area contributed by atoms with Gasteiger partial charge in [-0.2, -0.15) is 0 Å². The molecule has 1 N–H and O–H groups in total. The number of rotatable bonds is 1. The fraction of sp³-hybridized carbons (Fsp3) is 0.333. The van der Waals surface area contributed by atoms with Crippen molar-refractivity contribution in [1.29, 1.82) is 0 Å². The van der Waals surface area contributed by atoms with Crippen molar-refractivity contribution in [3.05, 3.63) is 34.9 Å². The van der Waals surface area contributed by atoms with Gasteiger partial charge < -0.3 is 5.32 Å². The van der Waals surface area contributed by atoms with E-state index in [2.05, 4.69) is 5.32 Å². The number of hydrogen-bond donors (Lipinski definition) is 1. The van der Waals surface area contributed by atoms with Crippen LogP contribution in [-0.4, -0.2) is 6.54 Å². The van der Waals surface area contributed by atoms with Gasteiger partial charge >= 0.3 is 0 Å². The third-order valence-corrected chi connectivity index (χ3v) is 2.32. The Morgan fingerprint density at radius 2 is 1.57 bits per heavy atom. The van der Waals surface area contributed by atoms with E-state index in [0.717, 1.165) is 0 Å². The number of nitrogens with one attached hydrogen (secondary N) is 1. The van der Waals surface area contributed by atoms with E-state index in [-0.39, 0.29) is 6.07 Å². The van der Waals surface area contributed by atoms with E-state index in [1.807, 2.05) is 0 Å². The van der Waals surface area contributed by atoms with E-state index < -0.39 is 34.9 Å². The molecule has 0 aliphatic carbocycles. The Morgan fingerprint density at radius 3 is 1.93 bits per heavy atom. The molecule has 1 heterocycles. The van der Waals surface area contributed by atoms with E-state index in [4.69, 9.17) is 0 Å². The van der Waals surface area contributed by atoms with Gasteiger partial charge in [0.05, 0.1) is 0 Å². The highest BCUT2D eigenvalue weighted by Gasteiger charge is 2.29. The maximum Gasteiger partial charge on any atom is 0.166 e. The van der Waals surface area contributed by atoms with Crippen molar-refractivity contribution >= 4 is 0 Å². The molecule has 1 aromatic carbocycles. The summed E-state index contributed by atoms with van der Waals surface area (Å²) in [6.07, 6.45) is 0.483. The van der Waals surface area contributed by atoms with Crippen molar-refractivity contribution in [2.75, 3.05) is 6.54 Å². The minimum atomic E-state index is -1.35. The summed E-state index contributed by atoms with van der Waals surface area (Å²) in [4.78, 5) is 0. The van der Waals surface area contributed by atoms with Crippen molar-refractivity contribution in [3.8, 4) is 0 Å². The molecule has 5 heteroatoms. The molecule has 1 nitrogen and oxygen atoms in total. The van der Waals surface area contributed by atoms with Gasteiger partial charge in [0.1, 0.15) is 0 Å². The Hall–Kier alpha value is -1.10. The lowest BCUT2D eigenvalue weighted by Gasteiger charge is -2.28. The summed E-state index contributed by atoms with van der Waals surface area (Å²) in [5.74, 6) is -5.32. The first-order valence-corrected chi connectivity index (χ1v) is 4.17. The predicted molar refractivity (Wildman–Crippen MR) is 41.6 cm³/mol. The highest BCUT2D eigenvalue weighted by Crippen LogP contribution is 2.30. The van der Waals surface area contributed by atoms with Crippen molar-refractivity contribution in [1.82, 2.24) is 5.32 Å². The van der Waals surface area contributed by atoms with Crippen LogP contribution in [0.4, 0.5) is 17.6 Å². The second-order valence-corrected chi connectivity index (χ2v) is 3.18. The van der Waals surface area contributed by atoms with Crippen molar-refractivity contribution in [2.45, 2.75) is 12.5 Å². The molecule has 1 atom stereocenters. The smallest absolute Gasteiger partial charge is 0.166 e. The molecule has 76 valence electrons. The van der Waals surface area contributed by atoms with E-state index >= 15 is 0 Å². The average Bonchev–Trinajstić information content (AvgIpc) is 2.06. The highest BCUT2D eigenvalue weighted by molar-refractivity contribution is 5.27. The molecule has 0 amide bonds. The summed E-state index contributed by atoms with van der Waals surface area (Å²) in [5, 5.41) is 2.68. The maximum absolute atomic E-state index is 13.1. The Labute approximate surface area is 77.7 Å². The maximum atomic E-state index is 13.1. The van der Waals surface area contributed by atoms with Crippen LogP contribution in [0.15, 0.2) is 6.07 Å². The summed E-state index contributed by atoms with van der Waals surface area (Å²) in [6.45, 7) is 0.599. The second kappa shape index (κ2) is 3.24. The molecule has 1 fully saturated rings. The number of hydrogen-bond acceptors (Lipinski definition) is 1. The number of halogens is 4. The normalized spacial score (nSPS) is 20.7. The third kappa shape index (κ3) is 1.28. The van der Waals surface area contributed by atoms with Crippen molar-refractivity contribution < 1.29 is 17.6 Å². The fourth-order valence-electron chi connectivity index (χ4n) is 1.43. The van der Waals surface area contributed by atoms with Gasteiger partial charge in [0.25, 0.3) is 0 Å². The lowest BCUT2D eigenvalue weighted by molar-refractivity contribution is 0.338. The van der Waals surface area contributed by atoms with Crippen LogP contribution >= 0.6 is 0 Å². The molecule has 0 spiro atoms. The molecule has 0 bridgehead atoms. The van der Waals surface area contributed by atoms with Gasteiger partial charge in [-0.25, -0.2) is 17.6 Å². The summed E-state index contributed by atoms with van der Waals surface area (Å²) < 4.78 is 51.6. The molecule has 0 radical (unpaired) electrons. The summed E-state index contributed by atoms with van der Waals surface area (Å²) in [5.41, 5.74) is -0.534. The Bertz CT molecular complexity index is 347. The third-order valence-electron chi connectivity index (χ3n) is 2.32. The van der Waals surface area contributed by atoms with Gasteiger partial charge in [-0.15, -0.1) is 0 Å². The zero-order valence-corrected chi connectivity index (χ0v) is 7.08. The van der Waals surface area contributed by atoms with E-state index in [1.165, 1.54) is 0 Å². The molecule has 0 saturated carbocycles. The zero-order valence-electron chi connectivity index (χ0n) is 7.08. The van der Waals surface area contributed by atoms with Crippen molar-refractivity contribution in [2.24, 2.45) is 0 Å². The highest BCUT2D eigenvalue weighted by atomic mass is 19.2. The average molecular weight is 205 g/mol. The SMILES string of the molecule is Fc1cc(F)c(F)c([C@@H]2CCN2)c1F. The van der Waals surface area contributed by atoms with Crippen LogP contribution in [0.2, 0.25) is 0 Å². The van der Waals surface area contributed by atoms with Crippen molar-refractivity contribution in [3.63, 3.8) is 0 Å². The minimum absolute atomic E-state index is 0.215. The van der Waals surface area contributed by atoms with E-state index in [1.54, 1.807) is 0 Å². The van der Waals surface area contributed by atoms with Crippen LogP contribution in [0.25, 0.3) is 0 Å². The van der Waals surface area contributed by atoms with Gasteiger partial charge in [0.2, 0.25) is 0 Å². The second-order valence-electron chi connectivity index (χ2n) is 3.18. The van der Waals surface area contributed by atoms with Crippen LogP contribution in [0.1, 0.15) is 18.0 Å². The molecule has 1 aliphatic rings. The Kier molecular flexibility index (Phi) is 2.19. The Morgan fingerprint density at radius 1 is 1.07 bits per heavy atom. The van der Waals surface area contributed by atoms with E-state index in [9.17, 15) is 17.6 Å². The largest absolute Gasteiger partial charge is 0.310 e. The van der Waals surface area contributed by atoms with Crippen LogP contribution in [0.3, 0.4) is 0 Å². The van der Waals surface area contributed by atoms with Gasteiger partial charge in [0, 0.05) is 17.7 Å². The van der Waals surface area contributed by atoms with Crippen LogP contribution < -0.4 is 5.32 Å². The zero-order chi connectivity index (χ0) is 10.3. The molecule has 1 saturated heterocycles. The van der Waals surface area contributed by atoms with E-state index in [0.29, 0.717) is 13.0 Å². The van der Waals surface area contributed by atoms with Crippen LogP contribution in [0.5, 0.6) is 0 Å². The molecule has 2 rings (SSSR count). The molecule has 14 heavy (non-hydrogen) atoms. The molecule has 1 aromatic rings. The summed E-state index contributed by atoms with van der Waals surface area (Å²) >= 11 is 0. The molecule has 0 unspecified atom stereocenters. The monoisotopic (exact) mass is 205 g/mol. The molecule has 0 aromatic heterocycles. The predicted octanol–water partition coefficient (Wildman–Crippen LogP) is 2.28. The van der Waals surface area contributed by atoms with Crippen LogP contribution in [-0.2, 0) is 0 Å². The lowest BCUT2D eigenvalue weighted by atomic mass is 9.96. The minimum Gasteiger partial charge on any atom is -0.310 e. The standard InChI is InChI=1S/C9H7F4N/c10-4-3-5(11)9(13)7(8(4)12)6-1-2-14-6/h3,6,14H,1-2H2/t6-/m0/s1. The van der Waals surface area contributed by atoms with Crippen LogP contribution in [0, 0.1) is 23.3 Å². The first kappa shape index (κ1) is 9.45. The quantitative estimate of drug-likeness (QED) is 0.547. The first-order chi connectivity index (χ1) is 6.61. The van der Waals surface area contributed by atoms with Gasteiger partial charge in [-0.05, 0) is 13.0 Å². The first-order valence-electron chi connectivity index (χ1n) is 4.17. The fourth-order valence-corrected chi connectivity index (χ4v) is 1.43. The lowest BCUT2D eigenvalue weighted by Crippen LogP contribution is -2.36. The van der Waals surface area contributed by atoms with Gasteiger partial charge in [-0.1, -0.05) is 0 Å². The van der Waals surface area contributed by atoms with Gasteiger partial charge in [0.15, 0.2) is 23.3 Å².